The van der Waals surface area contributed by atoms with E-state index in [1.54, 1.807) is 0 Å². The van der Waals surface area contributed by atoms with Gasteiger partial charge in [0, 0.05) is 29.0 Å². The number of hydrogen-bond donors (Lipinski definition) is 4. The van der Waals surface area contributed by atoms with E-state index in [9.17, 15) is 14.4 Å². The molecule has 0 aromatic rings. The maximum Gasteiger partial charge on any atom is 1.00 e. The molecule has 4 N–H and O–H groups in total. The summed E-state index contributed by atoms with van der Waals surface area (Å²) in [5.41, 5.74) is -2.74. The van der Waals surface area contributed by atoms with E-state index in [4.69, 9.17) is 25.7 Å². The average Bonchev–Trinajstić information content (AvgIpc) is 2.04. The molecule has 0 atom stereocenters. The molecule has 0 rings (SSSR count). The smallest absolute Gasteiger partial charge is 1.00 e. The van der Waals surface area contributed by atoms with E-state index in [0.717, 1.165) is 0 Å². The van der Waals surface area contributed by atoms with Crippen molar-refractivity contribution in [3.8, 4) is 6.57 Å². The molecule has 0 heterocycles. The number of aliphatic carboxylic acids is 3. The van der Waals surface area contributed by atoms with Crippen LogP contribution in [0.4, 0.5) is 0 Å². The fourth-order valence-corrected chi connectivity index (χ4v) is 0.714. The number of nitrogens with zero attached hydrogens (tertiary/aromatic N) is 1. The molecule has 0 saturated heterocycles. The monoisotopic (exact) mass is 456 g/mol. The SMILES string of the molecule is C#N.O=C(O)CC(O)(CC(=O)O)C(=O)O.[Au].[H-].[K+]. The largest absolute Gasteiger partial charge is 1.00 e. The van der Waals surface area contributed by atoms with Gasteiger partial charge >= 0.3 is 69.3 Å². The summed E-state index contributed by atoms with van der Waals surface area (Å²) in [5.74, 6) is -5.02. The molecule has 0 aliphatic rings. The van der Waals surface area contributed by atoms with Crippen LogP contribution < -0.4 is 51.4 Å². The Morgan fingerprint density at radius 1 is 1.06 bits per heavy atom. The van der Waals surface area contributed by atoms with E-state index < -0.39 is 36.4 Å². The Morgan fingerprint density at radius 2 is 1.29 bits per heavy atom. The van der Waals surface area contributed by atoms with Crippen LogP contribution in [0.2, 0.25) is 0 Å². The summed E-state index contributed by atoms with van der Waals surface area (Å²) in [6.07, 6.45) is -2.29. The van der Waals surface area contributed by atoms with E-state index in [1.165, 1.54) is 0 Å². The third-order valence-corrected chi connectivity index (χ3v) is 1.29. The Hall–Kier alpha value is 0.237. The van der Waals surface area contributed by atoms with Crippen molar-refractivity contribution in [2.24, 2.45) is 0 Å². The summed E-state index contributed by atoms with van der Waals surface area (Å²) >= 11 is 0. The first kappa shape index (κ1) is 25.9. The number of carboxylic acid groups (broad SMARTS) is 3. The normalized spacial score (nSPS) is 8.41. The molecule has 0 aliphatic heterocycles. The Kier molecular flexibility index (Phi) is 19.4. The first-order valence-electron chi connectivity index (χ1n) is 3.43. The Bertz CT molecular complexity index is 283. The van der Waals surface area contributed by atoms with Gasteiger partial charge in [-0.1, -0.05) is 0 Å². The summed E-state index contributed by atoms with van der Waals surface area (Å²) < 4.78 is 0. The summed E-state index contributed by atoms with van der Waals surface area (Å²) in [4.78, 5) is 30.5. The maximum absolute atomic E-state index is 10.3. The van der Waals surface area contributed by atoms with Crippen LogP contribution in [0.25, 0.3) is 0 Å². The van der Waals surface area contributed by atoms with Crippen molar-refractivity contribution < 1.29 is 110 Å². The summed E-state index contributed by atoms with van der Waals surface area (Å²) in [6.45, 7) is 3.50. The quantitative estimate of drug-likeness (QED) is 0.305. The standard InChI is InChI=1S/C6H8O7.CHN.Au.K.H/c7-3(8)1-6(13,5(11)12)2-4(9)10;1-2;;;/h13H,1-2H2,(H,7,8)(H,9,10)(H,11,12);1H;;;/q;;;+1;-1. The predicted octanol–water partition coefficient (Wildman–Crippen LogP) is -3.99. The van der Waals surface area contributed by atoms with Crippen LogP contribution in [0.1, 0.15) is 14.3 Å². The molecule has 8 nitrogen and oxygen atoms in total. The van der Waals surface area contributed by atoms with Gasteiger partial charge in [-0.15, -0.1) is 0 Å². The number of carbonyl (C=O) groups is 3. The molecular weight excluding hydrogens is 446 g/mol. The van der Waals surface area contributed by atoms with Crippen molar-refractivity contribution in [1.29, 1.82) is 5.26 Å². The van der Waals surface area contributed by atoms with Crippen molar-refractivity contribution in [3.63, 3.8) is 0 Å². The van der Waals surface area contributed by atoms with Crippen LogP contribution in [0.15, 0.2) is 0 Å². The topological polar surface area (TPSA) is 156 Å². The second kappa shape index (κ2) is 12.7. The minimum atomic E-state index is -2.74. The van der Waals surface area contributed by atoms with Crippen LogP contribution in [-0.4, -0.2) is 43.9 Å². The van der Waals surface area contributed by atoms with E-state index in [1.807, 2.05) is 0 Å². The van der Waals surface area contributed by atoms with Gasteiger partial charge in [-0.2, -0.15) is 0 Å². The first-order valence-corrected chi connectivity index (χ1v) is 3.43. The van der Waals surface area contributed by atoms with Gasteiger partial charge in [0.15, 0.2) is 5.60 Å². The van der Waals surface area contributed by atoms with E-state index in [2.05, 4.69) is 6.57 Å². The zero-order chi connectivity index (χ0) is 12.6. The minimum Gasteiger partial charge on any atom is -1.00 e. The molecule has 0 saturated carbocycles. The van der Waals surface area contributed by atoms with Crippen molar-refractivity contribution in [1.82, 2.24) is 0 Å². The van der Waals surface area contributed by atoms with Crippen molar-refractivity contribution >= 4 is 17.9 Å². The zero-order valence-corrected chi connectivity index (χ0v) is 14.0. The van der Waals surface area contributed by atoms with Gasteiger partial charge in [0.25, 0.3) is 0 Å². The number of aliphatic hydroxyl groups is 1. The maximum atomic E-state index is 10.3. The number of carboxylic acids is 3. The van der Waals surface area contributed by atoms with Gasteiger partial charge in [-0.05, 0) is 0 Å². The molecule has 0 bridgehead atoms. The fourth-order valence-electron chi connectivity index (χ4n) is 0.714. The van der Waals surface area contributed by atoms with Crippen molar-refractivity contribution in [2.45, 2.75) is 18.4 Å². The van der Waals surface area contributed by atoms with Crippen LogP contribution in [-0.2, 0) is 36.8 Å². The molecule has 0 amide bonds. The van der Waals surface area contributed by atoms with Gasteiger partial charge in [0.05, 0.1) is 12.8 Å². The molecule has 1 radical (unpaired) electrons. The van der Waals surface area contributed by atoms with Crippen LogP contribution >= 0.6 is 0 Å². The second-order valence-electron chi connectivity index (χ2n) is 2.48. The van der Waals surface area contributed by atoms with Gasteiger partial charge in [-0.25, -0.2) is 10.1 Å². The first-order chi connectivity index (χ1) is 6.78. The second-order valence-corrected chi connectivity index (χ2v) is 2.48. The summed E-state index contributed by atoms with van der Waals surface area (Å²) in [6, 6.07) is 0. The summed E-state index contributed by atoms with van der Waals surface area (Å²) in [7, 11) is 0. The Labute approximate surface area is 156 Å². The fraction of sp³-hybridized carbons (Fsp3) is 0.429. The van der Waals surface area contributed by atoms with Crippen molar-refractivity contribution in [3.05, 3.63) is 0 Å². The van der Waals surface area contributed by atoms with Crippen LogP contribution in [0, 0.1) is 11.8 Å². The van der Waals surface area contributed by atoms with Gasteiger partial charge in [0.1, 0.15) is 0 Å². The third-order valence-electron chi connectivity index (χ3n) is 1.29. The molecule has 0 aromatic carbocycles. The zero-order valence-electron chi connectivity index (χ0n) is 9.75. The van der Waals surface area contributed by atoms with Gasteiger partial charge < -0.3 is 21.9 Å². The molecule has 10 heteroatoms. The van der Waals surface area contributed by atoms with E-state index in [0.29, 0.717) is 0 Å². The minimum absolute atomic E-state index is 0. The average molecular weight is 456 g/mol. The third kappa shape index (κ3) is 12.5. The van der Waals surface area contributed by atoms with Gasteiger partial charge in [-0.3, -0.25) is 9.59 Å². The number of rotatable bonds is 5. The molecule has 0 aliphatic carbocycles. The summed E-state index contributed by atoms with van der Waals surface area (Å²) in [5, 5.41) is 40.3. The molecule has 97 valence electrons. The van der Waals surface area contributed by atoms with Crippen LogP contribution in [0.3, 0.4) is 0 Å². The number of hydrogen-bond acceptors (Lipinski definition) is 5. The van der Waals surface area contributed by atoms with Crippen molar-refractivity contribution in [2.75, 3.05) is 0 Å². The number of nitriles is 1. The predicted molar refractivity (Wildman–Crippen MR) is 44.9 cm³/mol. The van der Waals surface area contributed by atoms with Crippen LogP contribution in [0.5, 0.6) is 0 Å². The molecule has 0 fully saturated rings. The molecular formula is C7H10AuKNO7. The molecule has 17 heavy (non-hydrogen) atoms. The Balaban J connectivity index is -0.000000107. The Morgan fingerprint density at radius 3 is 1.41 bits per heavy atom. The van der Waals surface area contributed by atoms with E-state index >= 15 is 0 Å². The molecule has 0 unspecified atom stereocenters. The van der Waals surface area contributed by atoms with E-state index in [-0.39, 0.29) is 75.2 Å². The molecule has 0 aromatic heterocycles. The molecule has 0 spiro atoms. The van der Waals surface area contributed by atoms with Gasteiger partial charge in [0.2, 0.25) is 0 Å².